The molecule has 0 radical (unpaired) electrons. The number of carbonyl (C=O) groups is 4. The lowest BCUT2D eigenvalue weighted by Crippen LogP contribution is -2.59. The van der Waals surface area contributed by atoms with Crippen molar-refractivity contribution in [1.82, 2.24) is 0 Å². The number of carbonyl (C=O) groups excluding carboxylic acids is 4. The van der Waals surface area contributed by atoms with Gasteiger partial charge in [-0.3, -0.25) is 19.2 Å². The molecule has 5 atom stereocenters. The molecule has 5 unspecified atom stereocenters. The van der Waals surface area contributed by atoms with E-state index >= 15 is 0 Å². The Hall–Kier alpha value is -3.43. The fraction of sp³-hybridized carbons (Fsp3) is 0.543. The van der Waals surface area contributed by atoms with Crippen LogP contribution in [-0.2, 0) is 49.3 Å². The molecule has 3 fully saturated rings. The second-order valence-electron chi connectivity index (χ2n) is 12.7. The first-order chi connectivity index (χ1) is 21.4. The van der Waals surface area contributed by atoms with Crippen LogP contribution in [0.4, 0.5) is 0 Å². The van der Waals surface area contributed by atoms with Gasteiger partial charge in [0.15, 0.2) is 18.3 Å². The van der Waals surface area contributed by atoms with Crippen LogP contribution in [0.2, 0.25) is 5.02 Å². The molecule has 2 aromatic rings. The van der Waals surface area contributed by atoms with E-state index in [1.165, 1.54) is 71.8 Å². The smallest absolute Gasteiger partial charge is 0.303 e. The van der Waals surface area contributed by atoms with E-state index in [0.29, 0.717) is 28.3 Å². The lowest BCUT2D eigenvalue weighted by Gasteiger charge is -2.44. The second kappa shape index (κ2) is 13.9. The fourth-order valence-corrected chi connectivity index (χ4v) is 6.96. The van der Waals surface area contributed by atoms with Crippen LogP contribution in [0, 0.1) is 5.41 Å². The first-order valence-electron chi connectivity index (χ1n) is 15.6. The van der Waals surface area contributed by atoms with Gasteiger partial charge in [-0.25, -0.2) is 0 Å². The molecule has 2 aromatic carbocycles. The van der Waals surface area contributed by atoms with Crippen LogP contribution in [0.25, 0.3) is 0 Å². The highest BCUT2D eigenvalue weighted by atomic mass is 35.5. The van der Waals surface area contributed by atoms with Crippen molar-refractivity contribution in [3.63, 3.8) is 0 Å². The van der Waals surface area contributed by atoms with Crippen LogP contribution in [0.15, 0.2) is 42.5 Å². The van der Waals surface area contributed by atoms with Crippen LogP contribution in [0.3, 0.4) is 0 Å². The molecule has 1 heterocycles. The van der Waals surface area contributed by atoms with Crippen molar-refractivity contribution in [2.45, 2.75) is 109 Å². The Balaban J connectivity index is 1.41. The molecule has 0 N–H and O–H groups in total. The van der Waals surface area contributed by atoms with Crippen LogP contribution >= 0.6 is 11.6 Å². The highest BCUT2D eigenvalue weighted by molar-refractivity contribution is 6.31. The molecule has 2 saturated carbocycles. The van der Waals surface area contributed by atoms with E-state index in [1.807, 2.05) is 6.07 Å². The number of ether oxygens (including phenoxy) is 5. The maximum Gasteiger partial charge on any atom is 0.303 e. The minimum absolute atomic E-state index is 0.289. The van der Waals surface area contributed by atoms with Gasteiger partial charge in [0.25, 0.3) is 0 Å². The van der Waals surface area contributed by atoms with E-state index in [9.17, 15) is 19.2 Å². The zero-order chi connectivity index (χ0) is 32.3. The van der Waals surface area contributed by atoms with Crippen molar-refractivity contribution in [1.29, 1.82) is 0 Å². The summed E-state index contributed by atoms with van der Waals surface area (Å²) in [5.41, 5.74) is 4.55. The van der Waals surface area contributed by atoms with Gasteiger partial charge in [-0.2, -0.15) is 0 Å². The Morgan fingerprint density at radius 1 is 0.756 bits per heavy atom. The van der Waals surface area contributed by atoms with Crippen LogP contribution in [-0.4, -0.2) is 54.9 Å². The highest BCUT2D eigenvalue weighted by Gasteiger charge is 2.52. The van der Waals surface area contributed by atoms with Gasteiger partial charge in [-0.15, -0.1) is 0 Å². The summed E-state index contributed by atoms with van der Waals surface area (Å²) in [4.78, 5) is 48.2. The molecule has 1 saturated heterocycles. The SMILES string of the molecule is CC(=O)OCC1OC(c2ccc(Cl)c(Cc3ccc(C4CCC5(CC4)CC5)cc3)c2)C(OC(C)=O)C(OC(C)=O)C1OC(C)=O. The molecular formula is C35H41ClO9. The molecule has 242 valence electrons. The Kier molecular flexibility index (Phi) is 10.2. The quantitative estimate of drug-likeness (QED) is 0.235. The van der Waals surface area contributed by atoms with Gasteiger partial charge in [0, 0.05) is 32.7 Å². The van der Waals surface area contributed by atoms with Gasteiger partial charge in [-0.05, 0) is 84.6 Å². The number of hydrogen-bond donors (Lipinski definition) is 0. The molecule has 0 aromatic heterocycles. The van der Waals surface area contributed by atoms with Gasteiger partial charge >= 0.3 is 23.9 Å². The molecular weight excluding hydrogens is 600 g/mol. The normalized spacial score (nSPS) is 25.7. The topological polar surface area (TPSA) is 114 Å². The van der Waals surface area contributed by atoms with Crippen LogP contribution < -0.4 is 0 Å². The van der Waals surface area contributed by atoms with Gasteiger partial charge in [0.2, 0.25) is 0 Å². The summed E-state index contributed by atoms with van der Waals surface area (Å²) in [5.74, 6) is -1.96. The van der Waals surface area contributed by atoms with Crippen molar-refractivity contribution in [2.24, 2.45) is 5.41 Å². The monoisotopic (exact) mass is 640 g/mol. The second-order valence-corrected chi connectivity index (χ2v) is 13.1. The molecule has 0 bridgehead atoms. The number of hydrogen-bond acceptors (Lipinski definition) is 9. The van der Waals surface area contributed by atoms with Crippen molar-refractivity contribution in [2.75, 3.05) is 6.61 Å². The lowest BCUT2D eigenvalue weighted by atomic mass is 9.77. The third-order valence-electron chi connectivity index (χ3n) is 9.24. The Morgan fingerprint density at radius 2 is 1.33 bits per heavy atom. The predicted octanol–water partition coefficient (Wildman–Crippen LogP) is 6.17. The van der Waals surface area contributed by atoms with E-state index in [2.05, 4.69) is 24.3 Å². The zero-order valence-corrected chi connectivity index (χ0v) is 27.0. The third-order valence-corrected chi connectivity index (χ3v) is 9.61. The molecule has 9 nitrogen and oxygen atoms in total. The van der Waals surface area contributed by atoms with Crippen molar-refractivity contribution in [3.8, 4) is 0 Å². The Bertz CT molecular complexity index is 1410. The fourth-order valence-electron chi connectivity index (χ4n) is 6.77. The average Bonchev–Trinajstić information content (AvgIpc) is 3.74. The summed E-state index contributed by atoms with van der Waals surface area (Å²) in [6.45, 7) is 4.57. The molecule has 2 aliphatic carbocycles. The number of rotatable bonds is 9. The van der Waals surface area contributed by atoms with E-state index in [0.717, 1.165) is 11.1 Å². The molecule has 1 spiro atoms. The first-order valence-corrected chi connectivity index (χ1v) is 16.0. The summed E-state index contributed by atoms with van der Waals surface area (Å²) in [6.07, 6.45) is 2.90. The molecule has 5 rings (SSSR count). The van der Waals surface area contributed by atoms with Gasteiger partial charge < -0.3 is 23.7 Å². The maximum absolute atomic E-state index is 12.3. The highest BCUT2D eigenvalue weighted by Crippen LogP contribution is 2.58. The van der Waals surface area contributed by atoms with Crippen LogP contribution in [0.1, 0.15) is 100 Å². The van der Waals surface area contributed by atoms with Gasteiger partial charge in [0.05, 0.1) is 0 Å². The van der Waals surface area contributed by atoms with Crippen molar-refractivity contribution >= 4 is 35.5 Å². The van der Waals surface area contributed by atoms with Gasteiger partial charge in [0.1, 0.15) is 18.8 Å². The summed E-state index contributed by atoms with van der Waals surface area (Å²) >= 11 is 6.67. The summed E-state index contributed by atoms with van der Waals surface area (Å²) in [7, 11) is 0. The largest absolute Gasteiger partial charge is 0.463 e. The minimum atomic E-state index is -1.24. The molecule has 1 aliphatic heterocycles. The molecule has 10 heteroatoms. The Morgan fingerprint density at radius 3 is 1.91 bits per heavy atom. The average molecular weight is 641 g/mol. The Labute approximate surface area is 268 Å². The summed E-state index contributed by atoms with van der Waals surface area (Å²) in [6, 6.07) is 14.1. The number of halogens is 1. The molecule has 45 heavy (non-hydrogen) atoms. The van der Waals surface area contributed by atoms with Gasteiger partial charge in [-0.1, -0.05) is 48.0 Å². The zero-order valence-electron chi connectivity index (χ0n) is 26.2. The van der Waals surface area contributed by atoms with E-state index < -0.39 is 54.4 Å². The lowest BCUT2D eigenvalue weighted by molar-refractivity contribution is -0.254. The maximum atomic E-state index is 12.3. The third kappa shape index (κ3) is 8.24. The van der Waals surface area contributed by atoms with E-state index in [1.54, 1.807) is 12.1 Å². The van der Waals surface area contributed by atoms with E-state index in [-0.39, 0.29) is 6.61 Å². The van der Waals surface area contributed by atoms with E-state index in [4.69, 9.17) is 35.3 Å². The molecule has 0 amide bonds. The van der Waals surface area contributed by atoms with Crippen LogP contribution in [0.5, 0.6) is 0 Å². The first kappa shape index (κ1) is 32.9. The number of benzene rings is 2. The predicted molar refractivity (Wildman–Crippen MR) is 164 cm³/mol. The standard InChI is InChI=1S/C35H41ClO9/c1-20(37)41-19-30-32(42-21(2)38)34(44-23(4)40)33(43-22(3)39)31(45-30)27-9-10-29(36)28(18-27)17-24-5-7-25(8-6-24)26-11-13-35(14-12-26)15-16-35/h5-10,18,26,30-34H,11-17,19H2,1-4H3. The van der Waals surface area contributed by atoms with Crippen molar-refractivity contribution < 1.29 is 42.9 Å². The summed E-state index contributed by atoms with van der Waals surface area (Å²) in [5, 5.41) is 0.551. The number of esters is 4. The van der Waals surface area contributed by atoms with Crippen molar-refractivity contribution in [3.05, 3.63) is 69.7 Å². The summed E-state index contributed by atoms with van der Waals surface area (Å²) < 4.78 is 28.3. The molecule has 3 aliphatic rings. The minimum Gasteiger partial charge on any atom is -0.463 e.